The summed E-state index contributed by atoms with van der Waals surface area (Å²) in [7, 11) is 4.63. The molecule has 0 unspecified atom stereocenters. The lowest BCUT2D eigenvalue weighted by atomic mass is 10.2. The highest BCUT2D eigenvalue weighted by Crippen LogP contribution is 2.33. The highest BCUT2D eigenvalue weighted by molar-refractivity contribution is 14.1. The predicted octanol–water partition coefficient (Wildman–Crippen LogP) is 3.48. The molecule has 0 radical (unpaired) electrons. The summed E-state index contributed by atoms with van der Waals surface area (Å²) in [4.78, 5) is 12.3. The quantitative estimate of drug-likeness (QED) is 0.353. The number of rotatable bonds is 8. The lowest BCUT2D eigenvalue weighted by Crippen LogP contribution is -2.17. The number of benzene rings is 2. The molecule has 2 rings (SSSR count). The van der Waals surface area contributed by atoms with E-state index in [1.54, 1.807) is 37.6 Å². The van der Waals surface area contributed by atoms with E-state index in [1.165, 1.54) is 14.2 Å². The molecule has 0 spiro atoms. The second kappa shape index (κ2) is 10.0. The molecule has 0 atom stereocenters. The topological polar surface area (TPSA) is 78.4 Å². The van der Waals surface area contributed by atoms with Crippen LogP contribution in [0.3, 0.4) is 0 Å². The number of hydrogen-bond acceptors (Lipinski definition) is 6. The van der Waals surface area contributed by atoms with Gasteiger partial charge in [0.25, 0.3) is 5.91 Å². The second-order valence-electron chi connectivity index (χ2n) is 5.24. The van der Waals surface area contributed by atoms with Crippen molar-refractivity contribution in [2.75, 3.05) is 27.9 Å². The summed E-state index contributed by atoms with van der Waals surface area (Å²) >= 11 is 2.17. The molecular formula is C19H21IN2O5. The van der Waals surface area contributed by atoms with E-state index in [1.807, 2.05) is 13.0 Å². The average molecular weight is 484 g/mol. The number of hydrogen-bond donors (Lipinski definition) is 1. The van der Waals surface area contributed by atoms with E-state index in [0.29, 0.717) is 35.2 Å². The molecule has 0 bridgehead atoms. The van der Waals surface area contributed by atoms with Crippen LogP contribution in [-0.2, 0) is 0 Å². The van der Waals surface area contributed by atoms with Crippen molar-refractivity contribution < 1.29 is 23.7 Å². The van der Waals surface area contributed by atoms with Gasteiger partial charge >= 0.3 is 0 Å². The summed E-state index contributed by atoms with van der Waals surface area (Å²) in [6.07, 6.45) is 1.54. The standard InChI is InChI=1S/C19H21IN2O5/c1-5-27-18-14(20)8-12(9-17(18)26-4)11-21-22-19(23)13-6-7-15(24-2)16(10-13)25-3/h6-11H,5H2,1-4H3,(H,22,23)/b21-11+. The summed E-state index contributed by atoms with van der Waals surface area (Å²) in [5.41, 5.74) is 3.67. The molecule has 0 heterocycles. The fourth-order valence-electron chi connectivity index (χ4n) is 2.31. The van der Waals surface area contributed by atoms with Gasteiger partial charge in [0, 0.05) is 5.56 Å². The number of nitrogens with one attached hydrogen (secondary N) is 1. The first-order valence-electron chi connectivity index (χ1n) is 8.09. The van der Waals surface area contributed by atoms with Crippen LogP contribution in [-0.4, -0.2) is 40.1 Å². The number of carbonyl (C=O) groups excluding carboxylic acids is 1. The van der Waals surface area contributed by atoms with Gasteiger partial charge in [-0.05, 0) is 65.4 Å². The molecule has 0 aromatic heterocycles. The molecule has 144 valence electrons. The predicted molar refractivity (Wildman–Crippen MR) is 111 cm³/mol. The normalized spacial score (nSPS) is 10.6. The van der Waals surface area contributed by atoms with Crippen LogP contribution in [0.1, 0.15) is 22.8 Å². The van der Waals surface area contributed by atoms with Crippen molar-refractivity contribution in [3.8, 4) is 23.0 Å². The van der Waals surface area contributed by atoms with E-state index < -0.39 is 0 Å². The van der Waals surface area contributed by atoms with Gasteiger partial charge in [-0.25, -0.2) is 5.43 Å². The third-order valence-corrected chi connectivity index (χ3v) is 4.37. The van der Waals surface area contributed by atoms with Crippen molar-refractivity contribution in [3.05, 3.63) is 45.0 Å². The molecule has 0 aliphatic heterocycles. The summed E-state index contributed by atoms with van der Waals surface area (Å²) in [6, 6.07) is 8.57. The van der Waals surface area contributed by atoms with E-state index in [0.717, 1.165) is 9.13 Å². The molecule has 1 amide bonds. The zero-order valence-electron chi connectivity index (χ0n) is 15.5. The highest BCUT2D eigenvalue weighted by Gasteiger charge is 2.12. The Kier molecular flexibility index (Phi) is 7.71. The van der Waals surface area contributed by atoms with Crippen LogP contribution in [0.15, 0.2) is 35.4 Å². The third kappa shape index (κ3) is 5.25. The fourth-order valence-corrected chi connectivity index (χ4v) is 3.09. The zero-order chi connectivity index (χ0) is 19.8. The first-order chi connectivity index (χ1) is 13.0. The van der Waals surface area contributed by atoms with Crippen LogP contribution >= 0.6 is 22.6 Å². The van der Waals surface area contributed by atoms with Gasteiger partial charge in [-0.3, -0.25) is 4.79 Å². The minimum Gasteiger partial charge on any atom is -0.493 e. The van der Waals surface area contributed by atoms with E-state index in [4.69, 9.17) is 18.9 Å². The number of ether oxygens (including phenoxy) is 4. The highest BCUT2D eigenvalue weighted by atomic mass is 127. The molecule has 0 aliphatic rings. The first-order valence-corrected chi connectivity index (χ1v) is 9.17. The van der Waals surface area contributed by atoms with Crippen LogP contribution in [0.25, 0.3) is 0 Å². The monoisotopic (exact) mass is 484 g/mol. The van der Waals surface area contributed by atoms with Crippen molar-refractivity contribution >= 4 is 34.7 Å². The van der Waals surface area contributed by atoms with Gasteiger partial charge in [-0.2, -0.15) is 5.10 Å². The molecule has 0 aliphatic carbocycles. The number of carbonyl (C=O) groups is 1. The van der Waals surface area contributed by atoms with Gasteiger partial charge in [0.05, 0.1) is 37.7 Å². The molecule has 2 aromatic carbocycles. The number of halogens is 1. The Morgan fingerprint density at radius 2 is 1.78 bits per heavy atom. The van der Waals surface area contributed by atoms with E-state index in [2.05, 4.69) is 33.1 Å². The number of methoxy groups -OCH3 is 3. The van der Waals surface area contributed by atoms with Gasteiger partial charge in [-0.15, -0.1) is 0 Å². The van der Waals surface area contributed by atoms with Gasteiger partial charge in [0.15, 0.2) is 23.0 Å². The summed E-state index contributed by atoms with van der Waals surface area (Å²) in [5, 5.41) is 4.01. The number of nitrogens with zero attached hydrogens (tertiary/aromatic N) is 1. The van der Waals surface area contributed by atoms with E-state index >= 15 is 0 Å². The van der Waals surface area contributed by atoms with Crippen molar-refractivity contribution in [3.63, 3.8) is 0 Å². The SMILES string of the molecule is CCOc1c(I)cc(/C=N/NC(=O)c2ccc(OC)c(OC)c2)cc1OC. The third-order valence-electron chi connectivity index (χ3n) is 3.57. The zero-order valence-corrected chi connectivity index (χ0v) is 17.7. The van der Waals surface area contributed by atoms with Crippen LogP contribution in [0.5, 0.6) is 23.0 Å². The fraction of sp³-hybridized carbons (Fsp3) is 0.263. The smallest absolute Gasteiger partial charge is 0.271 e. The Bertz CT molecular complexity index is 839. The minimum absolute atomic E-state index is 0.361. The summed E-state index contributed by atoms with van der Waals surface area (Å²) in [6.45, 7) is 2.45. The van der Waals surface area contributed by atoms with Gasteiger partial charge in [-0.1, -0.05) is 0 Å². The van der Waals surface area contributed by atoms with Crippen molar-refractivity contribution in [2.45, 2.75) is 6.92 Å². The maximum Gasteiger partial charge on any atom is 0.271 e. The van der Waals surface area contributed by atoms with E-state index in [-0.39, 0.29) is 5.91 Å². The Morgan fingerprint density at radius 1 is 1.07 bits per heavy atom. The molecule has 7 nitrogen and oxygen atoms in total. The lowest BCUT2D eigenvalue weighted by Gasteiger charge is -2.12. The molecule has 27 heavy (non-hydrogen) atoms. The second-order valence-corrected chi connectivity index (χ2v) is 6.40. The minimum atomic E-state index is -0.361. The summed E-state index contributed by atoms with van der Waals surface area (Å²) < 4.78 is 22.2. The van der Waals surface area contributed by atoms with E-state index in [9.17, 15) is 4.79 Å². The maximum atomic E-state index is 12.3. The van der Waals surface area contributed by atoms with Gasteiger partial charge in [0.1, 0.15) is 0 Å². The largest absolute Gasteiger partial charge is 0.493 e. The Balaban J connectivity index is 2.13. The molecule has 8 heteroatoms. The molecule has 0 saturated carbocycles. The van der Waals surface area contributed by atoms with Crippen molar-refractivity contribution in [2.24, 2.45) is 5.10 Å². The molecule has 0 saturated heterocycles. The Hall–Kier alpha value is -2.49. The van der Waals surface area contributed by atoms with Crippen LogP contribution in [0, 0.1) is 3.57 Å². The summed E-state index contributed by atoms with van der Waals surface area (Å²) in [5.74, 6) is 1.96. The molecule has 1 N–H and O–H groups in total. The maximum absolute atomic E-state index is 12.3. The Labute approximate surface area is 171 Å². The van der Waals surface area contributed by atoms with Crippen LogP contribution < -0.4 is 24.4 Å². The molecular weight excluding hydrogens is 463 g/mol. The van der Waals surface area contributed by atoms with Crippen molar-refractivity contribution in [1.29, 1.82) is 0 Å². The van der Waals surface area contributed by atoms with Crippen LogP contribution in [0.2, 0.25) is 0 Å². The van der Waals surface area contributed by atoms with Gasteiger partial charge < -0.3 is 18.9 Å². The molecule has 2 aromatic rings. The van der Waals surface area contributed by atoms with Gasteiger partial charge in [0.2, 0.25) is 0 Å². The average Bonchev–Trinajstić information content (AvgIpc) is 2.69. The van der Waals surface area contributed by atoms with Crippen LogP contribution in [0.4, 0.5) is 0 Å². The van der Waals surface area contributed by atoms with Crippen molar-refractivity contribution in [1.82, 2.24) is 5.43 Å². The lowest BCUT2D eigenvalue weighted by molar-refractivity contribution is 0.0954. The Morgan fingerprint density at radius 3 is 2.41 bits per heavy atom. The first kappa shape index (κ1) is 20.8. The molecule has 0 fully saturated rings. The number of amides is 1. The number of hydrazone groups is 1.